The van der Waals surface area contributed by atoms with Gasteiger partial charge in [-0.25, -0.2) is 4.98 Å². The lowest BCUT2D eigenvalue weighted by atomic mass is 9.78. The third-order valence-electron chi connectivity index (χ3n) is 6.22. The van der Waals surface area contributed by atoms with Gasteiger partial charge in [0, 0.05) is 57.6 Å². The quantitative estimate of drug-likeness (QED) is 0.543. The Morgan fingerprint density at radius 3 is 2.55 bits per heavy atom. The number of piperazine rings is 1. The average Bonchev–Trinajstić information content (AvgIpc) is 2.76. The van der Waals surface area contributed by atoms with Gasteiger partial charge < -0.3 is 14.7 Å². The van der Waals surface area contributed by atoms with Crippen molar-refractivity contribution in [2.75, 3.05) is 33.2 Å². The smallest absolute Gasteiger partial charge is 0.352 e. The topological polar surface area (TPSA) is 113 Å². The maximum Gasteiger partial charge on any atom is 0.352 e. The van der Waals surface area contributed by atoms with E-state index in [0.29, 0.717) is 31.9 Å². The second-order valence-corrected chi connectivity index (χ2v) is 7.74. The van der Waals surface area contributed by atoms with Gasteiger partial charge in [0.2, 0.25) is 0 Å². The number of carbonyl (C=O) groups is 2. The number of rotatable bonds is 3. The molecule has 1 aromatic heterocycles. The van der Waals surface area contributed by atoms with Crippen molar-refractivity contribution < 1.29 is 14.5 Å². The van der Waals surface area contributed by atoms with Gasteiger partial charge in [-0.05, 0) is 12.8 Å². The van der Waals surface area contributed by atoms with Gasteiger partial charge in [0.15, 0.2) is 0 Å². The normalized spacial score (nSPS) is 25.1. The van der Waals surface area contributed by atoms with Crippen LogP contribution in [0.4, 0.5) is 0 Å². The van der Waals surface area contributed by atoms with Crippen molar-refractivity contribution in [2.45, 2.75) is 31.7 Å². The molecular formula is C19H24N6O4. The lowest BCUT2D eigenvalue weighted by Crippen LogP contribution is -2.56. The number of hydrogen-bond donors (Lipinski definition) is 0. The molecule has 2 amide bonds. The number of nitro groups is 1. The molecule has 0 N–H and O–H groups in total. The summed E-state index contributed by atoms with van der Waals surface area (Å²) in [4.78, 5) is 49.8. The molecule has 2 atom stereocenters. The summed E-state index contributed by atoms with van der Waals surface area (Å²) in [5.41, 5.74) is 0.548. The summed E-state index contributed by atoms with van der Waals surface area (Å²) in [5.74, 6) is -0.725. The summed E-state index contributed by atoms with van der Waals surface area (Å²) in [6.07, 6.45) is 8.16. The molecule has 0 radical (unpaired) electrons. The van der Waals surface area contributed by atoms with Crippen LogP contribution < -0.4 is 0 Å². The van der Waals surface area contributed by atoms with Crippen molar-refractivity contribution in [1.29, 1.82) is 0 Å². The van der Waals surface area contributed by atoms with Crippen LogP contribution in [0.3, 0.4) is 0 Å². The SMILES string of the molecule is CN1C(=O)C([N+](=O)[O-])=C(N2CCN(C(=O)c3cnccn3)CC2)C2CCCCC21. The summed E-state index contributed by atoms with van der Waals surface area (Å²) < 4.78 is 0. The third kappa shape index (κ3) is 3.43. The Morgan fingerprint density at radius 1 is 1.17 bits per heavy atom. The highest BCUT2D eigenvalue weighted by Gasteiger charge is 2.48. The first-order valence-corrected chi connectivity index (χ1v) is 9.95. The van der Waals surface area contributed by atoms with Crippen LogP contribution in [0.25, 0.3) is 0 Å². The van der Waals surface area contributed by atoms with E-state index in [1.807, 2.05) is 4.90 Å². The molecule has 0 bridgehead atoms. The molecule has 2 aliphatic heterocycles. The third-order valence-corrected chi connectivity index (χ3v) is 6.22. The van der Waals surface area contributed by atoms with Crippen molar-refractivity contribution in [1.82, 2.24) is 24.7 Å². The first-order chi connectivity index (χ1) is 14.0. The molecule has 10 nitrogen and oxygen atoms in total. The number of hydrogen-bond acceptors (Lipinski definition) is 7. The molecule has 4 rings (SSSR count). The van der Waals surface area contributed by atoms with E-state index in [4.69, 9.17) is 0 Å². The summed E-state index contributed by atoms with van der Waals surface area (Å²) in [7, 11) is 1.67. The van der Waals surface area contributed by atoms with E-state index in [1.165, 1.54) is 18.6 Å². The zero-order valence-corrected chi connectivity index (χ0v) is 16.4. The lowest BCUT2D eigenvalue weighted by Gasteiger charge is -2.46. The summed E-state index contributed by atoms with van der Waals surface area (Å²) in [6, 6.07) is 0.00852. The Hall–Kier alpha value is -3.04. The molecule has 154 valence electrons. The number of likely N-dealkylation sites (N-methyl/N-ethyl adjacent to an activating group) is 1. The van der Waals surface area contributed by atoms with Crippen LogP contribution in [0.15, 0.2) is 30.0 Å². The van der Waals surface area contributed by atoms with Crippen LogP contribution in [0.5, 0.6) is 0 Å². The number of nitrogens with zero attached hydrogens (tertiary/aromatic N) is 6. The molecule has 2 fully saturated rings. The number of carbonyl (C=O) groups excluding carboxylic acids is 2. The van der Waals surface area contributed by atoms with E-state index in [1.54, 1.807) is 16.8 Å². The fourth-order valence-electron chi connectivity index (χ4n) is 4.77. The molecule has 1 aromatic rings. The Kier molecular flexibility index (Phi) is 5.16. The predicted octanol–water partition coefficient (Wildman–Crippen LogP) is 0.753. The van der Waals surface area contributed by atoms with Gasteiger partial charge in [0.05, 0.1) is 11.1 Å². The van der Waals surface area contributed by atoms with Gasteiger partial charge in [0.25, 0.3) is 5.91 Å². The largest absolute Gasteiger partial charge is 0.365 e. The van der Waals surface area contributed by atoms with Crippen molar-refractivity contribution in [3.63, 3.8) is 0 Å². The van der Waals surface area contributed by atoms with Crippen LogP contribution in [0, 0.1) is 16.0 Å². The van der Waals surface area contributed by atoms with Gasteiger partial charge >= 0.3 is 11.6 Å². The fourth-order valence-corrected chi connectivity index (χ4v) is 4.77. The number of amides is 2. The van der Waals surface area contributed by atoms with Crippen molar-refractivity contribution in [2.24, 2.45) is 5.92 Å². The Morgan fingerprint density at radius 2 is 1.90 bits per heavy atom. The monoisotopic (exact) mass is 400 g/mol. The molecule has 0 spiro atoms. The Bertz CT molecular complexity index is 850. The molecule has 3 heterocycles. The van der Waals surface area contributed by atoms with Crippen LogP contribution in [0.2, 0.25) is 0 Å². The van der Waals surface area contributed by atoms with Gasteiger partial charge in [-0.3, -0.25) is 24.7 Å². The van der Waals surface area contributed by atoms with E-state index in [9.17, 15) is 19.7 Å². The zero-order chi connectivity index (χ0) is 20.5. The first-order valence-electron chi connectivity index (χ1n) is 9.95. The molecule has 10 heteroatoms. The predicted molar refractivity (Wildman–Crippen MR) is 102 cm³/mol. The summed E-state index contributed by atoms with van der Waals surface area (Å²) in [6.45, 7) is 1.76. The standard InChI is InChI=1S/C19H24N6O4/c1-22-15-5-3-2-4-13(15)16(17(19(22)27)25(28)29)23-8-10-24(11-9-23)18(26)14-12-20-6-7-21-14/h6-7,12-13,15H,2-5,8-11H2,1H3. The van der Waals surface area contributed by atoms with Gasteiger partial charge in [-0.15, -0.1) is 0 Å². The number of fused-ring (bicyclic) bond motifs is 1. The lowest BCUT2D eigenvalue weighted by molar-refractivity contribution is -0.424. The molecule has 1 aliphatic carbocycles. The van der Waals surface area contributed by atoms with Gasteiger partial charge in [0.1, 0.15) is 11.4 Å². The molecule has 3 aliphatic rings. The van der Waals surface area contributed by atoms with Crippen LogP contribution in [-0.4, -0.2) is 80.7 Å². The van der Waals surface area contributed by atoms with Crippen LogP contribution in [-0.2, 0) is 4.79 Å². The highest BCUT2D eigenvalue weighted by atomic mass is 16.6. The minimum atomic E-state index is -0.532. The fraction of sp³-hybridized carbons (Fsp3) is 0.579. The Labute approximate surface area is 168 Å². The van der Waals surface area contributed by atoms with Crippen LogP contribution >= 0.6 is 0 Å². The van der Waals surface area contributed by atoms with E-state index in [2.05, 4.69) is 9.97 Å². The minimum absolute atomic E-state index is 0.00852. The van der Waals surface area contributed by atoms with E-state index >= 15 is 0 Å². The molecule has 0 aromatic carbocycles. The highest BCUT2D eigenvalue weighted by Crippen LogP contribution is 2.40. The van der Waals surface area contributed by atoms with Crippen molar-refractivity contribution in [3.8, 4) is 0 Å². The van der Waals surface area contributed by atoms with Crippen molar-refractivity contribution in [3.05, 3.63) is 45.8 Å². The van der Waals surface area contributed by atoms with Crippen molar-refractivity contribution >= 4 is 11.8 Å². The summed E-state index contributed by atoms with van der Waals surface area (Å²) in [5, 5.41) is 11.8. The maximum absolute atomic E-state index is 12.8. The molecule has 1 saturated carbocycles. The van der Waals surface area contributed by atoms with E-state index < -0.39 is 10.8 Å². The minimum Gasteiger partial charge on any atom is -0.365 e. The second kappa shape index (κ2) is 7.76. The van der Waals surface area contributed by atoms with Crippen LogP contribution in [0.1, 0.15) is 36.2 Å². The maximum atomic E-state index is 12.8. The molecule has 2 unspecified atom stereocenters. The average molecular weight is 400 g/mol. The highest BCUT2D eigenvalue weighted by molar-refractivity contribution is 5.93. The Balaban J connectivity index is 1.57. The molecule has 29 heavy (non-hydrogen) atoms. The van der Waals surface area contributed by atoms with E-state index in [-0.39, 0.29) is 29.3 Å². The van der Waals surface area contributed by atoms with Gasteiger partial charge in [-0.1, -0.05) is 12.8 Å². The van der Waals surface area contributed by atoms with E-state index in [0.717, 1.165) is 25.7 Å². The molecular weight excluding hydrogens is 376 g/mol. The first kappa shape index (κ1) is 19.3. The second-order valence-electron chi connectivity index (χ2n) is 7.74. The number of aromatic nitrogens is 2. The summed E-state index contributed by atoms with van der Waals surface area (Å²) >= 11 is 0. The van der Waals surface area contributed by atoms with Gasteiger partial charge in [-0.2, -0.15) is 0 Å². The molecule has 1 saturated heterocycles. The zero-order valence-electron chi connectivity index (χ0n) is 16.4.